The van der Waals surface area contributed by atoms with Gasteiger partial charge < -0.3 is 15.4 Å². The van der Waals surface area contributed by atoms with Crippen molar-refractivity contribution in [2.45, 2.75) is 27.3 Å². The molecule has 0 saturated carbocycles. The highest BCUT2D eigenvalue weighted by Crippen LogP contribution is 2.34. The van der Waals surface area contributed by atoms with E-state index in [1.165, 1.54) is 0 Å². The molecule has 0 radical (unpaired) electrons. The molecule has 0 aliphatic heterocycles. The molecule has 0 fully saturated rings. The lowest BCUT2D eigenvalue weighted by molar-refractivity contribution is 0.412. The van der Waals surface area contributed by atoms with E-state index < -0.39 is 0 Å². The van der Waals surface area contributed by atoms with Gasteiger partial charge in [0.25, 0.3) is 0 Å². The molecule has 8 heteroatoms. The molecular formula is C21H23N7O. The normalized spacial score (nSPS) is 10.9. The molecule has 0 spiro atoms. The number of ether oxygens (including phenoxy) is 1. The van der Waals surface area contributed by atoms with E-state index in [0.29, 0.717) is 11.6 Å². The standard InChI is InChI=1S/C21H23N7O/c1-5-28-16-11-19(24-18-7-6-10-23-26-18)22-12-15(16)21(27-28)25-20-13(2)8-9-17(29-4)14(20)3/h6-12H,5H2,1-4H3,(H,25,27)(H,22,24,26). The van der Waals surface area contributed by atoms with Crippen molar-refractivity contribution >= 4 is 34.0 Å². The average molecular weight is 389 g/mol. The van der Waals surface area contributed by atoms with E-state index in [4.69, 9.17) is 9.84 Å². The van der Waals surface area contributed by atoms with Crippen molar-refractivity contribution in [3.8, 4) is 5.75 Å². The van der Waals surface area contributed by atoms with E-state index in [-0.39, 0.29) is 0 Å². The van der Waals surface area contributed by atoms with Gasteiger partial charge >= 0.3 is 0 Å². The number of benzene rings is 1. The van der Waals surface area contributed by atoms with Crippen molar-refractivity contribution < 1.29 is 4.74 Å². The van der Waals surface area contributed by atoms with Crippen LogP contribution in [-0.4, -0.2) is 32.1 Å². The molecule has 4 aromatic rings. The topological polar surface area (TPSA) is 89.8 Å². The molecular weight excluding hydrogens is 366 g/mol. The molecule has 8 nitrogen and oxygen atoms in total. The molecule has 4 rings (SSSR count). The first-order chi connectivity index (χ1) is 14.1. The summed E-state index contributed by atoms with van der Waals surface area (Å²) in [4.78, 5) is 4.53. The van der Waals surface area contributed by atoms with E-state index in [0.717, 1.165) is 45.8 Å². The number of hydrogen-bond donors (Lipinski definition) is 2. The lowest BCUT2D eigenvalue weighted by Gasteiger charge is -2.14. The minimum absolute atomic E-state index is 0.642. The van der Waals surface area contributed by atoms with Gasteiger partial charge in [0.15, 0.2) is 11.6 Å². The summed E-state index contributed by atoms with van der Waals surface area (Å²) in [6.07, 6.45) is 3.45. The minimum Gasteiger partial charge on any atom is -0.496 e. The van der Waals surface area contributed by atoms with Gasteiger partial charge in [-0.1, -0.05) is 6.07 Å². The molecule has 0 bridgehead atoms. The average Bonchev–Trinajstić information content (AvgIpc) is 3.09. The van der Waals surface area contributed by atoms with Crippen molar-refractivity contribution in [2.75, 3.05) is 17.7 Å². The second-order valence-corrected chi connectivity index (χ2v) is 6.69. The van der Waals surface area contributed by atoms with Crippen LogP contribution >= 0.6 is 0 Å². The van der Waals surface area contributed by atoms with Crippen LogP contribution in [0.5, 0.6) is 5.75 Å². The molecule has 148 valence electrons. The zero-order valence-electron chi connectivity index (χ0n) is 16.9. The van der Waals surface area contributed by atoms with E-state index in [2.05, 4.69) is 39.7 Å². The molecule has 0 aliphatic carbocycles. The quantitative estimate of drug-likeness (QED) is 0.506. The fourth-order valence-corrected chi connectivity index (χ4v) is 3.33. The number of anilines is 4. The maximum Gasteiger partial charge on any atom is 0.161 e. The highest BCUT2D eigenvalue weighted by Gasteiger charge is 2.15. The summed E-state index contributed by atoms with van der Waals surface area (Å²) in [5.74, 6) is 2.93. The second kappa shape index (κ2) is 7.75. The van der Waals surface area contributed by atoms with Crippen molar-refractivity contribution in [3.63, 3.8) is 0 Å². The van der Waals surface area contributed by atoms with Crippen LogP contribution < -0.4 is 15.4 Å². The van der Waals surface area contributed by atoms with Gasteiger partial charge in [0.2, 0.25) is 0 Å². The van der Waals surface area contributed by atoms with Crippen LogP contribution in [0.4, 0.5) is 23.1 Å². The fraction of sp³-hybridized carbons (Fsp3) is 0.238. The summed E-state index contributed by atoms with van der Waals surface area (Å²) >= 11 is 0. The second-order valence-electron chi connectivity index (χ2n) is 6.69. The van der Waals surface area contributed by atoms with Gasteiger partial charge in [-0.2, -0.15) is 10.2 Å². The Hall–Kier alpha value is -3.68. The van der Waals surface area contributed by atoms with E-state index in [1.54, 1.807) is 13.3 Å². The predicted octanol–water partition coefficient (Wildman–Crippen LogP) is 4.35. The number of hydrogen-bond acceptors (Lipinski definition) is 7. The van der Waals surface area contributed by atoms with Crippen LogP contribution in [0.3, 0.4) is 0 Å². The number of methoxy groups -OCH3 is 1. The first-order valence-electron chi connectivity index (χ1n) is 9.43. The Bertz CT molecular complexity index is 1150. The Morgan fingerprint density at radius 2 is 1.97 bits per heavy atom. The first-order valence-corrected chi connectivity index (χ1v) is 9.43. The maximum absolute atomic E-state index is 5.47. The van der Waals surface area contributed by atoms with E-state index >= 15 is 0 Å². The number of nitrogens with one attached hydrogen (secondary N) is 2. The fourth-order valence-electron chi connectivity index (χ4n) is 3.33. The largest absolute Gasteiger partial charge is 0.496 e. The smallest absolute Gasteiger partial charge is 0.161 e. The van der Waals surface area contributed by atoms with Crippen molar-refractivity contribution in [3.05, 3.63) is 53.9 Å². The molecule has 0 saturated heterocycles. The highest BCUT2D eigenvalue weighted by molar-refractivity contribution is 5.93. The number of fused-ring (bicyclic) bond motifs is 1. The zero-order chi connectivity index (χ0) is 20.4. The SMILES string of the molecule is CCn1nc(Nc2c(C)ccc(OC)c2C)c2cnc(Nc3cccnn3)cc21. The van der Waals surface area contributed by atoms with Gasteiger partial charge in [0.1, 0.15) is 11.6 Å². The molecule has 3 heterocycles. The van der Waals surface area contributed by atoms with Crippen LogP contribution in [-0.2, 0) is 6.54 Å². The summed E-state index contributed by atoms with van der Waals surface area (Å²) in [6.45, 7) is 6.90. The van der Waals surface area contributed by atoms with Crippen LogP contribution in [0.15, 0.2) is 42.7 Å². The third-order valence-corrected chi connectivity index (χ3v) is 4.85. The van der Waals surface area contributed by atoms with E-state index in [1.807, 2.05) is 48.1 Å². The first kappa shape index (κ1) is 18.7. The van der Waals surface area contributed by atoms with E-state index in [9.17, 15) is 0 Å². The van der Waals surface area contributed by atoms with Crippen LogP contribution in [0.1, 0.15) is 18.1 Å². The monoisotopic (exact) mass is 389 g/mol. The number of aryl methyl sites for hydroxylation is 2. The lowest BCUT2D eigenvalue weighted by Crippen LogP contribution is -2.01. The molecule has 0 unspecified atom stereocenters. The summed E-state index contributed by atoms with van der Waals surface area (Å²) in [7, 11) is 1.68. The van der Waals surface area contributed by atoms with Gasteiger partial charge in [-0.05, 0) is 44.5 Å². The third-order valence-electron chi connectivity index (χ3n) is 4.85. The van der Waals surface area contributed by atoms with Crippen LogP contribution in [0, 0.1) is 13.8 Å². The Labute approximate surface area is 168 Å². The molecule has 0 atom stereocenters. The molecule has 0 amide bonds. The molecule has 0 aliphatic rings. The molecule has 1 aromatic carbocycles. The van der Waals surface area contributed by atoms with Crippen molar-refractivity contribution in [1.29, 1.82) is 0 Å². The predicted molar refractivity (Wildman–Crippen MR) is 114 cm³/mol. The van der Waals surface area contributed by atoms with Crippen LogP contribution in [0.2, 0.25) is 0 Å². The zero-order valence-corrected chi connectivity index (χ0v) is 16.9. The maximum atomic E-state index is 5.47. The van der Waals surface area contributed by atoms with Gasteiger partial charge in [0.05, 0.1) is 18.0 Å². The highest BCUT2D eigenvalue weighted by atomic mass is 16.5. The third kappa shape index (κ3) is 3.56. The Kier molecular flexibility index (Phi) is 4.99. The number of pyridine rings is 1. The van der Waals surface area contributed by atoms with Gasteiger partial charge in [-0.15, -0.1) is 5.10 Å². The van der Waals surface area contributed by atoms with Crippen molar-refractivity contribution in [2.24, 2.45) is 0 Å². The summed E-state index contributed by atoms with van der Waals surface area (Å²) in [5, 5.41) is 20.3. The summed E-state index contributed by atoms with van der Waals surface area (Å²) < 4.78 is 7.42. The van der Waals surface area contributed by atoms with Crippen molar-refractivity contribution in [1.82, 2.24) is 25.0 Å². The summed E-state index contributed by atoms with van der Waals surface area (Å²) in [5.41, 5.74) is 4.14. The Balaban J connectivity index is 1.73. The number of aromatic nitrogens is 5. The van der Waals surface area contributed by atoms with Gasteiger partial charge in [0, 0.05) is 36.3 Å². The molecule has 29 heavy (non-hydrogen) atoms. The summed E-state index contributed by atoms with van der Waals surface area (Å²) in [6, 6.07) is 9.65. The van der Waals surface area contributed by atoms with Gasteiger partial charge in [-0.25, -0.2) is 4.98 Å². The Morgan fingerprint density at radius 3 is 2.69 bits per heavy atom. The minimum atomic E-state index is 0.642. The molecule has 3 aromatic heterocycles. The van der Waals surface area contributed by atoms with Gasteiger partial charge in [-0.3, -0.25) is 4.68 Å². The van der Waals surface area contributed by atoms with Crippen LogP contribution in [0.25, 0.3) is 10.9 Å². The molecule has 2 N–H and O–H groups in total. The number of nitrogens with zero attached hydrogens (tertiary/aromatic N) is 5. The Morgan fingerprint density at radius 1 is 1.10 bits per heavy atom. The lowest BCUT2D eigenvalue weighted by atomic mass is 10.1. The number of rotatable bonds is 6.